The number of rotatable bonds is 5. The van der Waals surface area contributed by atoms with Crippen LogP contribution in [-0.4, -0.2) is 46.3 Å². The number of halogens is 1. The second kappa shape index (κ2) is 8.49. The summed E-state index contributed by atoms with van der Waals surface area (Å²) in [6.07, 6.45) is 6.39. The summed E-state index contributed by atoms with van der Waals surface area (Å²) in [6, 6.07) is 6.86. The van der Waals surface area contributed by atoms with Crippen LogP contribution >= 0.6 is 0 Å². The Balaban J connectivity index is 1.67. The van der Waals surface area contributed by atoms with Gasteiger partial charge in [-0.15, -0.1) is 0 Å². The number of hydrogen-bond acceptors (Lipinski definition) is 5. The third-order valence-corrected chi connectivity index (χ3v) is 8.73. The SMILES string of the molecule is CC1CCCCC2(c3ccc(S(C)(=O)=O)cc3)NC1(NCC1CCOC1)CCC2F. The Bertz CT molecular complexity index is 841. The summed E-state index contributed by atoms with van der Waals surface area (Å²) in [5, 5.41) is 7.63. The van der Waals surface area contributed by atoms with Gasteiger partial charge in [0, 0.05) is 19.4 Å². The van der Waals surface area contributed by atoms with Gasteiger partial charge in [0.05, 0.1) is 22.7 Å². The number of alkyl halides is 1. The predicted octanol–water partition coefficient (Wildman–Crippen LogP) is 3.54. The first kappa shape index (κ1) is 22.2. The van der Waals surface area contributed by atoms with Gasteiger partial charge in [0.2, 0.25) is 0 Å². The van der Waals surface area contributed by atoms with Crippen molar-refractivity contribution in [3.8, 4) is 0 Å². The van der Waals surface area contributed by atoms with Crippen molar-refractivity contribution in [1.82, 2.24) is 10.6 Å². The fraction of sp³-hybridized carbons (Fsp3) is 0.739. The minimum Gasteiger partial charge on any atom is -0.381 e. The van der Waals surface area contributed by atoms with E-state index < -0.39 is 21.5 Å². The van der Waals surface area contributed by atoms with Gasteiger partial charge in [0.15, 0.2) is 9.84 Å². The molecule has 3 aliphatic rings. The van der Waals surface area contributed by atoms with Crippen LogP contribution in [0.2, 0.25) is 0 Å². The third-order valence-electron chi connectivity index (χ3n) is 7.60. The minimum atomic E-state index is -3.28. The molecule has 5 unspecified atom stereocenters. The molecule has 0 saturated carbocycles. The van der Waals surface area contributed by atoms with Crippen LogP contribution in [0.4, 0.5) is 4.39 Å². The number of hydrogen-bond donors (Lipinski definition) is 2. The van der Waals surface area contributed by atoms with Crippen LogP contribution in [-0.2, 0) is 20.1 Å². The van der Waals surface area contributed by atoms with Crippen LogP contribution in [0.3, 0.4) is 0 Å². The smallest absolute Gasteiger partial charge is 0.175 e. The fourth-order valence-electron chi connectivity index (χ4n) is 5.60. The molecule has 168 valence electrons. The Labute approximate surface area is 180 Å². The van der Waals surface area contributed by atoms with Crippen molar-refractivity contribution < 1.29 is 17.5 Å². The molecule has 7 heteroatoms. The van der Waals surface area contributed by atoms with Gasteiger partial charge in [-0.05, 0) is 61.6 Å². The summed E-state index contributed by atoms with van der Waals surface area (Å²) in [7, 11) is -3.28. The zero-order valence-corrected chi connectivity index (χ0v) is 18.9. The highest BCUT2D eigenvalue weighted by Gasteiger charge is 2.53. The molecular weight excluding hydrogens is 403 g/mol. The number of benzene rings is 1. The molecule has 5 nitrogen and oxygen atoms in total. The molecule has 30 heavy (non-hydrogen) atoms. The van der Waals surface area contributed by atoms with Gasteiger partial charge in [0.25, 0.3) is 0 Å². The number of ether oxygens (including phenoxy) is 1. The molecule has 3 fully saturated rings. The first-order valence-electron chi connectivity index (χ1n) is 11.3. The van der Waals surface area contributed by atoms with E-state index in [9.17, 15) is 8.42 Å². The lowest BCUT2D eigenvalue weighted by atomic mass is 9.68. The Morgan fingerprint density at radius 2 is 1.93 bits per heavy atom. The molecule has 0 amide bonds. The maximum Gasteiger partial charge on any atom is 0.175 e. The summed E-state index contributed by atoms with van der Waals surface area (Å²) in [4.78, 5) is 0.277. The predicted molar refractivity (Wildman–Crippen MR) is 116 cm³/mol. The molecule has 3 heterocycles. The highest BCUT2D eigenvalue weighted by Crippen LogP contribution is 2.46. The van der Waals surface area contributed by atoms with Crippen molar-refractivity contribution in [3.63, 3.8) is 0 Å². The van der Waals surface area contributed by atoms with E-state index in [1.807, 2.05) is 12.1 Å². The van der Waals surface area contributed by atoms with Crippen molar-refractivity contribution in [2.75, 3.05) is 26.0 Å². The lowest BCUT2D eigenvalue weighted by Gasteiger charge is -2.56. The highest BCUT2D eigenvalue weighted by molar-refractivity contribution is 7.90. The third kappa shape index (κ3) is 4.18. The number of sulfone groups is 1. The number of nitrogens with one attached hydrogen (secondary N) is 2. The van der Waals surface area contributed by atoms with Gasteiger partial charge >= 0.3 is 0 Å². The Morgan fingerprint density at radius 3 is 2.60 bits per heavy atom. The van der Waals surface area contributed by atoms with Gasteiger partial charge in [-0.3, -0.25) is 10.6 Å². The van der Waals surface area contributed by atoms with Gasteiger partial charge < -0.3 is 4.74 Å². The molecular formula is C23H35FN2O3S. The topological polar surface area (TPSA) is 67.4 Å². The van der Waals surface area contributed by atoms with Crippen LogP contribution in [0.1, 0.15) is 57.4 Å². The highest BCUT2D eigenvalue weighted by atomic mass is 32.2. The van der Waals surface area contributed by atoms with Crippen LogP contribution in [0.25, 0.3) is 0 Å². The first-order valence-corrected chi connectivity index (χ1v) is 13.2. The van der Waals surface area contributed by atoms with Crippen molar-refractivity contribution in [2.24, 2.45) is 11.8 Å². The molecule has 1 aromatic rings. The van der Waals surface area contributed by atoms with E-state index in [1.54, 1.807) is 12.1 Å². The molecule has 3 aliphatic heterocycles. The van der Waals surface area contributed by atoms with Crippen LogP contribution in [0, 0.1) is 11.8 Å². The monoisotopic (exact) mass is 438 g/mol. The summed E-state index contributed by atoms with van der Waals surface area (Å²) < 4.78 is 45.0. The molecule has 0 aliphatic carbocycles. The van der Waals surface area contributed by atoms with E-state index in [4.69, 9.17) is 4.74 Å². The minimum absolute atomic E-state index is 0.277. The molecule has 5 atom stereocenters. The summed E-state index contributed by atoms with van der Waals surface area (Å²) in [6.45, 7) is 4.76. The van der Waals surface area contributed by atoms with E-state index in [1.165, 1.54) is 6.26 Å². The lowest BCUT2D eigenvalue weighted by molar-refractivity contribution is -0.0261. The quantitative estimate of drug-likeness (QED) is 0.736. The summed E-state index contributed by atoms with van der Waals surface area (Å²) >= 11 is 0. The van der Waals surface area contributed by atoms with E-state index in [0.29, 0.717) is 18.3 Å². The van der Waals surface area contributed by atoms with E-state index in [-0.39, 0.29) is 10.6 Å². The average Bonchev–Trinajstić information content (AvgIpc) is 3.23. The molecule has 4 rings (SSSR count). The maximum atomic E-state index is 15.7. The average molecular weight is 439 g/mol. The number of fused-ring (bicyclic) bond motifs is 2. The largest absolute Gasteiger partial charge is 0.381 e. The van der Waals surface area contributed by atoms with Crippen molar-refractivity contribution in [3.05, 3.63) is 29.8 Å². The molecule has 0 aromatic heterocycles. The number of piperidine rings is 1. The Hall–Kier alpha value is -1.02. The van der Waals surface area contributed by atoms with Gasteiger partial charge in [-0.2, -0.15) is 0 Å². The molecule has 0 radical (unpaired) electrons. The van der Waals surface area contributed by atoms with Gasteiger partial charge in [0.1, 0.15) is 6.17 Å². The van der Waals surface area contributed by atoms with Crippen molar-refractivity contribution in [2.45, 2.75) is 74.1 Å². The van der Waals surface area contributed by atoms with Crippen molar-refractivity contribution in [1.29, 1.82) is 0 Å². The first-order chi connectivity index (χ1) is 14.3. The maximum absolute atomic E-state index is 15.7. The second-order valence-electron chi connectivity index (χ2n) is 9.63. The Morgan fingerprint density at radius 1 is 1.17 bits per heavy atom. The second-order valence-corrected chi connectivity index (χ2v) is 11.6. The molecule has 2 bridgehead atoms. The molecule has 2 N–H and O–H groups in total. The van der Waals surface area contributed by atoms with E-state index in [0.717, 1.165) is 63.8 Å². The summed E-state index contributed by atoms with van der Waals surface area (Å²) in [5.41, 5.74) is -0.255. The molecule has 0 spiro atoms. The van der Waals surface area contributed by atoms with Gasteiger partial charge in [-0.25, -0.2) is 12.8 Å². The molecule has 3 saturated heterocycles. The van der Waals surface area contributed by atoms with Gasteiger partial charge in [-0.1, -0.05) is 31.9 Å². The standard InChI is InChI=1S/C23H35FN2O3S/c1-17-5-3-4-12-22(19-6-8-20(9-7-19)30(2,27)28)21(24)10-13-23(17,26-22)25-15-18-11-14-29-16-18/h6-9,17-18,21,25-26H,3-5,10-16H2,1-2H3. The van der Waals surface area contributed by atoms with E-state index in [2.05, 4.69) is 17.6 Å². The normalized spacial score (nSPS) is 37.5. The fourth-order valence-corrected chi connectivity index (χ4v) is 6.23. The van der Waals surface area contributed by atoms with Crippen LogP contribution < -0.4 is 10.6 Å². The summed E-state index contributed by atoms with van der Waals surface area (Å²) in [5.74, 6) is 0.882. The zero-order chi connectivity index (χ0) is 21.4. The molecule has 1 aromatic carbocycles. The van der Waals surface area contributed by atoms with Crippen LogP contribution in [0.5, 0.6) is 0 Å². The van der Waals surface area contributed by atoms with Crippen molar-refractivity contribution >= 4 is 9.84 Å². The zero-order valence-electron chi connectivity index (χ0n) is 18.1. The van der Waals surface area contributed by atoms with Crippen LogP contribution in [0.15, 0.2) is 29.2 Å². The lowest BCUT2D eigenvalue weighted by Crippen LogP contribution is -2.73. The Kier molecular flexibility index (Phi) is 6.28. The van der Waals surface area contributed by atoms with E-state index >= 15 is 4.39 Å².